The highest BCUT2D eigenvalue weighted by molar-refractivity contribution is 5.94. The van der Waals surface area contributed by atoms with Gasteiger partial charge in [0.25, 0.3) is 0 Å². The molecule has 0 aromatic heterocycles. The highest BCUT2D eigenvalue weighted by Crippen LogP contribution is 2.41. The third-order valence-corrected chi connectivity index (χ3v) is 12.7. The Hall–Kier alpha value is -4.82. The Bertz CT molecular complexity index is 1750. The average molecular weight is 799 g/mol. The standard InChI is InChI=1S/C44H62N8O6/c1-25(45-5)39(53)47-27(3)43(57)51-23-11-21-37(51)41(55)49-35-19-9-15-31-29(13-7-17-33(31)35)30-14-8-18-34-32(30)16-10-20-36(34)50-42(56)38-22-12-24-52(38)44(58)28(4)48-40(54)26(2)46-6/h7-8,13-14,17-18,25-28,35-38,45-46H,9-12,15-16,19-24H2,1-6H3,(H,47,53)(H,48,54)(H,49,55)(H,50,56)/t25-,26-,27-,28-,35+,36+,37-,38-/m0/s1. The van der Waals surface area contributed by atoms with Crippen LogP contribution in [0.1, 0.15) is 113 Å². The Kier molecular flexibility index (Phi) is 13.9. The topological polar surface area (TPSA) is 181 Å². The molecule has 0 radical (unpaired) electrons. The average Bonchev–Trinajstić information content (AvgIpc) is 3.93. The zero-order valence-corrected chi connectivity index (χ0v) is 34.9. The van der Waals surface area contributed by atoms with Gasteiger partial charge in [-0.2, -0.15) is 0 Å². The largest absolute Gasteiger partial charge is 0.347 e. The molecule has 6 rings (SSSR count). The molecule has 14 heteroatoms. The molecule has 6 amide bonds. The lowest BCUT2D eigenvalue weighted by Crippen LogP contribution is -2.54. The summed E-state index contributed by atoms with van der Waals surface area (Å²) in [6.45, 7) is 7.72. The van der Waals surface area contributed by atoms with Gasteiger partial charge in [0.15, 0.2) is 0 Å². The summed E-state index contributed by atoms with van der Waals surface area (Å²) in [5, 5.41) is 17.9. The monoisotopic (exact) mass is 798 g/mol. The molecule has 8 atom stereocenters. The Morgan fingerprint density at radius 1 is 0.552 bits per heavy atom. The number of rotatable bonds is 13. The van der Waals surface area contributed by atoms with Crippen molar-refractivity contribution in [2.24, 2.45) is 0 Å². The molecule has 58 heavy (non-hydrogen) atoms. The predicted molar refractivity (Wildman–Crippen MR) is 221 cm³/mol. The fourth-order valence-corrected chi connectivity index (χ4v) is 9.20. The minimum Gasteiger partial charge on any atom is -0.347 e. The van der Waals surface area contributed by atoms with Gasteiger partial charge < -0.3 is 41.7 Å². The van der Waals surface area contributed by atoms with Crippen molar-refractivity contribution >= 4 is 35.4 Å². The maximum atomic E-state index is 13.9. The van der Waals surface area contributed by atoms with Gasteiger partial charge in [0.2, 0.25) is 35.4 Å². The summed E-state index contributed by atoms with van der Waals surface area (Å²) < 4.78 is 0. The quantitative estimate of drug-likeness (QED) is 0.179. The van der Waals surface area contributed by atoms with Crippen molar-refractivity contribution in [3.8, 4) is 11.1 Å². The molecule has 0 bridgehead atoms. The molecular formula is C44H62N8O6. The number of amides is 6. The van der Waals surface area contributed by atoms with Crippen LogP contribution in [0.2, 0.25) is 0 Å². The number of benzene rings is 2. The molecule has 2 aliphatic carbocycles. The second kappa shape index (κ2) is 18.8. The number of nitrogens with zero attached hydrogens (tertiary/aromatic N) is 2. The Balaban J connectivity index is 1.16. The van der Waals surface area contributed by atoms with Crippen LogP contribution in [0.3, 0.4) is 0 Å². The van der Waals surface area contributed by atoms with Crippen LogP contribution in [-0.4, -0.2) is 109 Å². The fourth-order valence-electron chi connectivity index (χ4n) is 9.20. The van der Waals surface area contributed by atoms with Crippen LogP contribution in [0, 0.1) is 0 Å². The van der Waals surface area contributed by atoms with E-state index in [0.717, 1.165) is 73.6 Å². The van der Waals surface area contributed by atoms with Crippen LogP contribution in [0.25, 0.3) is 11.1 Å². The van der Waals surface area contributed by atoms with Gasteiger partial charge in [0, 0.05) is 13.1 Å². The first-order valence-corrected chi connectivity index (χ1v) is 21.2. The molecule has 2 aromatic rings. The van der Waals surface area contributed by atoms with E-state index in [9.17, 15) is 28.8 Å². The van der Waals surface area contributed by atoms with Crippen molar-refractivity contribution in [1.82, 2.24) is 41.7 Å². The van der Waals surface area contributed by atoms with Crippen LogP contribution < -0.4 is 31.9 Å². The van der Waals surface area contributed by atoms with Crippen molar-refractivity contribution in [3.05, 3.63) is 58.7 Å². The minimum absolute atomic E-state index is 0.169. The molecule has 6 N–H and O–H groups in total. The molecule has 0 saturated carbocycles. The first-order chi connectivity index (χ1) is 27.8. The SMILES string of the molecule is CN[C@@H](C)C(=O)N[C@@H](C)C(=O)N1CCC[C@H]1C(=O)N[C@@H]1CCCc2c(-c3cccc4c3CCC[C@H]4NC(=O)[C@@H]3CCCN3C(=O)[C@H](C)NC(=O)[C@H](C)NC)cccc21. The van der Waals surface area contributed by atoms with Crippen molar-refractivity contribution < 1.29 is 28.8 Å². The van der Waals surface area contributed by atoms with Gasteiger partial charge in [0.1, 0.15) is 24.2 Å². The van der Waals surface area contributed by atoms with E-state index in [4.69, 9.17) is 0 Å². The van der Waals surface area contributed by atoms with Gasteiger partial charge in [-0.15, -0.1) is 0 Å². The van der Waals surface area contributed by atoms with Crippen LogP contribution in [-0.2, 0) is 41.6 Å². The number of hydrogen-bond donors (Lipinski definition) is 6. The molecule has 314 valence electrons. The van der Waals surface area contributed by atoms with Crippen molar-refractivity contribution in [1.29, 1.82) is 0 Å². The number of likely N-dealkylation sites (N-methyl/N-ethyl adjacent to an activating group) is 2. The summed E-state index contributed by atoms with van der Waals surface area (Å²) in [4.78, 5) is 82.8. The van der Waals surface area contributed by atoms with E-state index in [1.54, 1.807) is 51.6 Å². The van der Waals surface area contributed by atoms with Gasteiger partial charge in [-0.1, -0.05) is 36.4 Å². The highest BCUT2D eigenvalue weighted by atomic mass is 16.2. The van der Waals surface area contributed by atoms with E-state index in [1.807, 2.05) is 0 Å². The van der Waals surface area contributed by atoms with E-state index in [2.05, 4.69) is 68.3 Å². The normalized spacial score (nSPS) is 23.4. The summed E-state index contributed by atoms with van der Waals surface area (Å²) in [6, 6.07) is 8.64. The lowest BCUT2D eigenvalue weighted by Gasteiger charge is -2.33. The molecule has 0 unspecified atom stereocenters. The molecule has 2 saturated heterocycles. The fraction of sp³-hybridized carbons (Fsp3) is 0.591. The maximum absolute atomic E-state index is 13.9. The molecule has 0 spiro atoms. The van der Waals surface area contributed by atoms with Crippen LogP contribution >= 0.6 is 0 Å². The Morgan fingerprint density at radius 3 is 1.33 bits per heavy atom. The summed E-state index contributed by atoms with van der Waals surface area (Å²) in [5.41, 5.74) is 6.86. The predicted octanol–water partition coefficient (Wildman–Crippen LogP) is 2.55. The highest BCUT2D eigenvalue weighted by Gasteiger charge is 2.40. The number of carbonyl (C=O) groups is 6. The third-order valence-electron chi connectivity index (χ3n) is 12.7. The number of likely N-dealkylation sites (tertiary alicyclic amines) is 2. The third kappa shape index (κ3) is 9.07. The number of carbonyl (C=O) groups excluding carboxylic acids is 6. The zero-order valence-electron chi connectivity index (χ0n) is 34.9. The molecule has 2 aromatic carbocycles. The first-order valence-electron chi connectivity index (χ1n) is 21.2. The second-order valence-corrected chi connectivity index (χ2v) is 16.5. The number of nitrogens with one attached hydrogen (secondary N) is 6. The summed E-state index contributed by atoms with van der Waals surface area (Å²) in [5.74, 6) is -1.39. The zero-order chi connectivity index (χ0) is 41.7. The van der Waals surface area contributed by atoms with Gasteiger partial charge >= 0.3 is 0 Å². The number of fused-ring (bicyclic) bond motifs is 2. The minimum atomic E-state index is -0.747. The van der Waals surface area contributed by atoms with E-state index < -0.39 is 36.3 Å². The molecule has 4 aliphatic rings. The summed E-state index contributed by atoms with van der Waals surface area (Å²) >= 11 is 0. The first kappa shape index (κ1) is 42.8. The van der Waals surface area contributed by atoms with Gasteiger partial charge in [-0.05, 0) is 139 Å². The van der Waals surface area contributed by atoms with Crippen LogP contribution in [0.4, 0.5) is 0 Å². The van der Waals surface area contributed by atoms with E-state index in [0.29, 0.717) is 25.9 Å². The van der Waals surface area contributed by atoms with Gasteiger partial charge in [-0.25, -0.2) is 0 Å². The lowest BCUT2D eigenvalue weighted by molar-refractivity contribution is -0.141. The van der Waals surface area contributed by atoms with E-state index >= 15 is 0 Å². The Labute approximate surface area is 342 Å². The van der Waals surface area contributed by atoms with Crippen LogP contribution in [0.5, 0.6) is 0 Å². The smallest absolute Gasteiger partial charge is 0.245 e. The Morgan fingerprint density at radius 2 is 0.948 bits per heavy atom. The van der Waals surface area contributed by atoms with E-state index in [-0.39, 0.29) is 47.5 Å². The van der Waals surface area contributed by atoms with Crippen molar-refractivity contribution in [3.63, 3.8) is 0 Å². The van der Waals surface area contributed by atoms with Gasteiger partial charge in [-0.3, -0.25) is 28.8 Å². The van der Waals surface area contributed by atoms with E-state index in [1.165, 1.54) is 11.1 Å². The van der Waals surface area contributed by atoms with Crippen molar-refractivity contribution in [2.45, 2.75) is 140 Å². The molecule has 2 heterocycles. The summed E-state index contributed by atoms with van der Waals surface area (Å²) in [6.07, 6.45) is 7.70. The molecule has 2 aliphatic heterocycles. The number of hydrogen-bond acceptors (Lipinski definition) is 8. The molecule has 14 nitrogen and oxygen atoms in total. The molecular weight excluding hydrogens is 737 g/mol. The van der Waals surface area contributed by atoms with Gasteiger partial charge in [0.05, 0.1) is 24.2 Å². The van der Waals surface area contributed by atoms with Crippen molar-refractivity contribution in [2.75, 3.05) is 27.2 Å². The van der Waals surface area contributed by atoms with Crippen LogP contribution in [0.15, 0.2) is 36.4 Å². The maximum Gasteiger partial charge on any atom is 0.245 e. The summed E-state index contributed by atoms with van der Waals surface area (Å²) in [7, 11) is 3.37. The molecule has 2 fully saturated rings. The lowest BCUT2D eigenvalue weighted by atomic mass is 9.78. The second-order valence-electron chi connectivity index (χ2n) is 16.5.